The molecular formula is C13H14ClN3O. The van der Waals surface area contributed by atoms with Gasteiger partial charge in [0.05, 0.1) is 28.5 Å². The van der Waals surface area contributed by atoms with Crippen molar-refractivity contribution in [3.05, 3.63) is 29.6 Å². The lowest BCUT2D eigenvalue weighted by atomic mass is 10.2. The lowest BCUT2D eigenvalue weighted by molar-refractivity contribution is 0.190. The van der Waals surface area contributed by atoms with Crippen molar-refractivity contribution in [2.75, 3.05) is 13.7 Å². The predicted octanol–water partition coefficient (Wildman–Crippen LogP) is 2.68. The molecule has 2 rings (SSSR count). The number of halogens is 1. The van der Waals surface area contributed by atoms with Gasteiger partial charge in [-0.15, -0.1) is 11.6 Å². The lowest BCUT2D eigenvalue weighted by Crippen LogP contribution is -2.05. The van der Waals surface area contributed by atoms with Crippen LogP contribution in [-0.4, -0.2) is 23.3 Å². The molecule has 5 heteroatoms. The van der Waals surface area contributed by atoms with Crippen molar-refractivity contribution in [3.8, 4) is 6.07 Å². The molecule has 0 radical (unpaired) electrons. The second-order valence-corrected chi connectivity index (χ2v) is 4.24. The summed E-state index contributed by atoms with van der Waals surface area (Å²) in [5.41, 5.74) is 2.47. The van der Waals surface area contributed by atoms with Crippen LogP contribution in [0.2, 0.25) is 0 Å². The molecule has 94 valence electrons. The van der Waals surface area contributed by atoms with Crippen LogP contribution in [0.25, 0.3) is 11.0 Å². The zero-order chi connectivity index (χ0) is 13.0. The van der Waals surface area contributed by atoms with E-state index in [4.69, 9.17) is 21.6 Å². The van der Waals surface area contributed by atoms with Gasteiger partial charge in [-0.1, -0.05) is 0 Å². The van der Waals surface area contributed by atoms with Crippen molar-refractivity contribution >= 4 is 22.6 Å². The van der Waals surface area contributed by atoms with E-state index >= 15 is 0 Å². The van der Waals surface area contributed by atoms with Crippen LogP contribution in [-0.2, 0) is 17.2 Å². The molecule has 0 N–H and O–H groups in total. The zero-order valence-corrected chi connectivity index (χ0v) is 10.9. The van der Waals surface area contributed by atoms with E-state index in [1.165, 1.54) is 0 Å². The molecule has 0 amide bonds. The minimum absolute atomic E-state index is 0.365. The first-order valence-electron chi connectivity index (χ1n) is 5.74. The van der Waals surface area contributed by atoms with E-state index in [9.17, 15) is 0 Å². The van der Waals surface area contributed by atoms with Gasteiger partial charge in [0.15, 0.2) is 0 Å². The van der Waals surface area contributed by atoms with Crippen molar-refractivity contribution < 1.29 is 4.74 Å². The number of imidazole rings is 1. The summed E-state index contributed by atoms with van der Waals surface area (Å²) in [6.07, 6.45) is 0.891. The summed E-state index contributed by atoms with van der Waals surface area (Å²) >= 11 is 5.91. The van der Waals surface area contributed by atoms with E-state index in [1.807, 2.05) is 12.1 Å². The first-order chi connectivity index (χ1) is 8.80. The number of nitrogens with zero attached hydrogens (tertiary/aromatic N) is 3. The molecule has 0 saturated carbocycles. The van der Waals surface area contributed by atoms with Gasteiger partial charge in [-0.3, -0.25) is 0 Å². The number of aryl methyl sites for hydroxylation is 1. The monoisotopic (exact) mass is 263 g/mol. The number of benzene rings is 1. The Balaban J connectivity index is 2.42. The second-order valence-electron chi connectivity index (χ2n) is 3.97. The van der Waals surface area contributed by atoms with Crippen molar-refractivity contribution in [3.63, 3.8) is 0 Å². The highest BCUT2D eigenvalue weighted by atomic mass is 35.5. The predicted molar refractivity (Wildman–Crippen MR) is 70.5 cm³/mol. The Morgan fingerprint density at radius 3 is 3.00 bits per heavy atom. The smallest absolute Gasteiger partial charge is 0.124 e. The molecule has 1 aromatic heterocycles. The Morgan fingerprint density at radius 2 is 2.33 bits per heavy atom. The highest BCUT2D eigenvalue weighted by Gasteiger charge is 2.10. The molecule has 1 aromatic carbocycles. The first kappa shape index (κ1) is 12.9. The number of rotatable bonds is 5. The molecule has 2 aromatic rings. The van der Waals surface area contributed by atoms with Gasteiger partial charge in [-0.2, -0.15) is 5.26 Å². The van der Waals surface area contributed by atoms with Gasteiger partial charge in [0.1, 0.15) is 5.82 Å². The third kappa shape index (κ3) is 2.47. The molecule has 4 nitrogen and oxygen atoms in total. The fraction of sp³-hybridized carbons (Fsp3) is 0.385. The van der Waals surface area contributed by atoms with E-state index in [1.54, 1.807) is 13.2 Å². The molecule has 0 atom stereocenters. The van der Waals surface area contributed by atoms with Crippen molar-refractivity contribution in [1.82, 2.24) is 9.55 Å². The summed E-state index contributed by atoms with van der Waals surface area (Å²) in [6.45, 7) is 1.49. The van der Waals surface area contributed by atoms with Gasteiger partial charge < -0.3 is 9.30 Å². The number of fused-ring (bicyclic) bond motifs is 1. The van der Waals surface area contributed by atoms with Crippen LogP contribution in [0.1, 0.15) is 17.8 Å². The third-order valence-electron chi connectivity index (χ3n) is 2.81. The molecule has 0 spiro atoms. The number of alkyl halides is 1. The SMILES string of the molecule is COCCCn1c(CCl)nc2ccc(C#N)cc21. The van der Waals surface area contributed by atoms with Gasteiger partial charge in [0.25, 0.3) is 0 Å². The molecule has 0 unspecified atom stereocenters. The number of ether oxygens (including phenoxy) is 1. The summed E-state index contributed by atoms with van der Waals surface area (Å²) in [7, 11) is 1.68. The van der Waals surface area contributed by atoms with Gasteiger partial charge in [-0.25, -0.2) is 4.98 Å². The molecule has 1 heterocycles. The van der Waals surface area contributed by atoms with Crippen LogP contribution in [0.3, 0.4) is 0 Å². The highest BCUT2D eigenvalue weighted by Crippen LogP contribution is 2.19. The lowest BCUT2D eigenvalue weighted by Gasteiger charge is -2.07. The molecular weight excluding hydrogens is 250 g/mol. The molecule has 0 bridgehead atoms. The average Bonchev–Trinajstić information content (AvgIpc) is 2.76. The van der Waals surface area contributed by atoms with Crippen LogP contribution in [0.5, 0.6) is 0 Å². The Hall–Kier alpha value is -1.57. The fourth-order valence-corrected chi connectivity index (χ4v) is 2.16. The van der Waals surface area contributed by atoms with Gasteiger partial charge in [0, 0.05) is 20.3 Å². The maximum Gasteiger partial charge on any atom is 0.124 e. The number of nitriles is 1. The van der Waals surface area contributed by atoms with Crippen molar-refractivity contribution in [2.45, 2.75) is 18.8 Å². The summed E-state index contributed by atoms with van der Waals surface area (Å²) in [6, 6.07) is 7.62. The van der Waals surface area contributed by atoms with Crippen LogP contribution in [0, 0.1) is 11.3 Å². The summed E-state index contributed by atoms with van der Waals surface area (Å²) < 4.78 is 7.11. The summed E-state index contributed by atoms with van der Waals surface area (Å²) in [5.74, 6) is 1.20. The van der Waals surface area contributed by atoms with E-state index in [2.05, 4.69) is 15.6 Å². The Kier molecular flexibility index (Phi) is 4.19. The quantitative estimate of drug-likeness (QED) is 0.616. The topological polar surface area (TPSA) is 50.8 Å². The minimum Gasteiger partial charge on any atom is -0.385 e. The Bertz CT molecular complexity index is 586. The standard InChI is InChI=1S/C13H14ClN3O/c1-18-6-2-5-17-12-7-10(9-15)3-4-11(12)16-13(17)8-14/h3-4,7H,2,5-6,8H2,1H3. The van der Waals surface area contributed by atoms with E-state index in [0.717, 1.165) is 29.8 Å². The highest BCUT2D eigenvalue weighted by molar-refractivity contribution is 6.16. The van der Waals surface area contributed by atoms with Crippen LogP contribution < -0.4 is 0 Å². The van der Waals surface area contributed by atoms with E-state index in [-0.39, 0.29) is 0 Å². The first-order valence-corrected chi connectivity index (χ1v) is 6.27. The third-order valence-corrected chi connectivity index (χ3v) is 3.05. The van der Waals surface area contributed by atoms with E-state index < -0.39 is 0 Å². The largest absolute Gasteiger partial charge is 0.385 e. The normalized spacial score (nSPS) is 10.7. The molecule has 0 aliphatic carbocycles. The van der Waals surface area contributed by atoms with Crippen molar-refractivity contribution in [1.29, 1.82) is 5.26 Å². The van der Waals surface area contributed by atoms with Crippen LogP contribution >= 0.6 is 11.6 Å². The Labute approximate surface area is 111 Å². The van der Waals surface area contributed by atoms with Gasteiger partial charge in [0.2, 0.25) is 0 Å². The maximum atomic E-state index is 8.94. The van der Waals surface area contributed by atoms with Crippen LogP contribution in [0.15, 0.2) is 18.2 Å². The molecule has 0 fully saturated rings. The average molecular weight is 264 g/mol. The summed E-state index contributed by atoms with van der Waals surface area (Å²) in [5, 5.41) is 8.94. The molecule has 0 saturated heterocycles. The number of hydrogen-bond donors (Lipinski definition) is 0. The Morgan fingerprint density at radius 1 is 1.50 bits per heavy atom. The van der Waals surface area contributed by atoms with Gasteiger partial charge >= 0.3 is 0 Å². The second kappa shape index (κ2) is 5.85. The minimum atomic E-state index is 0.365. The number of hydrogen-bond acceptors (Lipinski definition) is 3. The maximum absolute atomic E-state index is 8.94. The van der Waals surface area contributed by atoms with Crippen molar-refractivity contribution in [2.24, 2.45) is 0 Å². The number of aromatic nitrogens is 2. The number of methoxy groups -OCH3 is 1. The molecule has 0 aliphatic heterocycles. The van der Waals surface area contributed by atoms with Gasteiger partial charge in [-0.05, 0) is 24.6 Å². The summed E-state index contributed by atoms with van der Waals surface area (Å²) in [4.78, 5) is 4.47. The molecule has 18 heavy (non-hydrogen) atoms. The fourth-order valence-electron chi connectivity index (χ4n) is 1.96. The zero-order valence-electron chi connectivity index (χ0n) is 10.2. The van der Waals surface area contributed by atoms with E-state index in [0.29, 0.717) is 18.1 Å². The molecule has 0 aliphatic rings. The van der Waals surface area contributed by atoms with Crippen LogP contribution in [0.4, 0.5) is 0 Å².